The summed E-state index contributed by atoms with van der Waals surface area (Å²) in [5, 5.41) is 0. The maximum Gasteiger partial charge on any atom is 0.325 e. The Balaban J connectivity index is 2.83. The Bertz CT molecular complexity index is 442. The second kappa shape index (κ2) is 7.23. The smallest absolute Gasteiger partial charge is 0.325 e. The number of thioether (sulfide) groups is 1. The van der Waals surface area contributed by atoms with Gasteiger partial charge < -0.3 is 14.1 Å². The van der Waals surface area contributed by atoms with Gasteiger partial charge in [-0.25, -0.2) is 0 Å². The Labute approximate surface area is 117 Å². The minimum Gasteiger partial charge on any atom is -0.468 e. The molecule has 1 rings (SSSR count). The van der Waals surface area contributed by atoms with Gasteiger partial charge in [-0.15, -0.1) is 0 Å². The average molecular weight is 285 g/mol. The van der Waals surface area contributed by atoms with Crippen molar-refractivity contribution in [1.29, 1.82) is 0 Å². The van der Waals surface area contributed by atoms with Gasteiger partial charge in [-0.2, -0.15) is 11.8 Å². The van der Waals surface area contributed by atoms with E-state index in [0.717, 1.165) is 5.76 Å². The molecule has 5 nitrogen and oxygen atoms in total. The molecule has 0 aliphatic rings. The molecule has 0 saturated carbocycles. The number of amides is 1. The molecular weight excluding hydrogens is 266 g/mol. The van der Waals surface area contributed by atoms with Crippen LogP contribution in [0.4, 0.5) is 0 Å². The van der Waals surface area contributed by atoms with Crippen LogP contribution in [-0.2, 0) is 15.3 Å². The average Bonchev–Trinajstić information content (AvgIpc) is 2.83. The molecule has 0 bridgehead atoms. The molecule has 1 amide bonds. The van der Waals surface area contributed by atoms with Crippen molar-refractivity contribution in [3.05, 3.63) is 23.7 Å². The van der Waals surface area contributed by atoms with Crippen LogP contribution in [-0.4, -0.2) is 42.7 Å². The second-order valence-corrected chi connectivity index (χ2v) is 5.17. The highest BCUT2D eigenvalue weighted by Gasteiger charge is 2.24. The van der Waals surface area contributed by atoms with E-state index in [0.29, 0.717) is 5.75 Å². The minimum atomic E-state index is -0.446. The highest BCUT2D eigenvalue weighted by molar-refractivity contribution is 7.97. The fourth-order valence-electron chi connectivity index (χ4n) is 1.55. The molecule has 0 atom stereocenters. The van der Waals surface area contributed by atoms with E-state index in [1.807, 2.05) is 20.1 Å². The van der Waals surface area contributed by atoms with Crippen molar-refractivity contribution in [3.63, 3.8) is 0 Å². The molecule has 0 aromatic carbocycles. The molecule has 0 unspecified atom stereocenters. The topological polar surface area (TPSA) is 59.8 Å². The van der Waals surface area contributed by atoms with Gasteiger partial charge in [-0.1, -0.05) is 0 Å². The van der Waals surface area contributed by atoms with Gasteiger partial charge in [0.2, 0.25) is 0 Å². The van der Waals surface area contributed by atoms with Gasteiger partial charge in [-0.3, -0.25) is 9.59 Å². The normalized spacial score (nSPS) is 10.6. The summed E-state index contributed by atoms with van der Waals surface area (Å²) in [5.41, 5.74) is 0. The summed E-state index contributed by atoms with van der Waals surface area (Å²) in [6, 6.07) is 3.31. The van der Waals surface area contributed by atoms with Crippen LogP contribution in [0.1, 0.15) is 30.2 Å². The molecule has 0 fully saturated rings. The van der Waals surface area contributed by atoms with Crippen LogP contribution >= 0.6 is 11.8 Å². The van der Waals surface area contributed by atoms with Crippen molar-refractivity contribution < 1.29 is 18.7 Å². The third-order valence-electron chi connectivity index (χ3n) is 2.57. The van der Waals surface area contributed by atoms with Crippen LogP contribution in [0.5, 0.6) is 0 Å². The Morgan fingerprint density at radius 1 is 1.42 bits per heavy atom. The first-order chi connectivity index (χ1) is 8.99. The number of carbonyl (C=O) groups excluding carboxylic acids is 2. The fraction of sp³-hybridized carbons (Fsp3) is 0.538. The number of hydrogen-bond acceptors (Lipinski definition) is 5. The maximum absolute atomic E-state index is 12.3. The molecular formula is C13H19NO4S. The Morgan fingerprint density at radius 2 is 2.11 bits per heavy atom. The zero-order valence-electron chi connectivity index (χ0n) is 11.6. The second-order valence-electron chi connectivity index (χ2n) is 4.30. The van der Waals surface area contributed by atoms with Gasteiger partial charge in [0.25, 0.3) is 5.91 Å². The predicted octanol–water partition coefficient (Wildman–Crippen LogP) is 2.17. The SMILES string of the molecule is COC(=O)CN(C(=O)c1ccc(CSC)o1)C(C)C. The first kappa shape index (κ1) is 15.6. The largest absolute Gasteiger partial charge is 0.468 e. The van der Waals surface area contributed by atoms with Crippen molar-refractivity contribution in [2.45, 2.75) is 25.6 Å². The Morgan fingerprint density at radius 3 is 2.63 bits per heavy atom. The number of methoxy groups -OCH3 is 1. The monoisotopic (exact) mass is 285 g/mol. The van der Waals surface area contributed by atoms with E-state index in [1.54, 1.807) is 23.9 Å². The van der Waals surface area contributed by atoms with Crippen LogP contribution < -0.4 is 0 Å². The van der Waals surface area contributed by atoms with Crippen LogP contribution in [0.25, 0.3) is 0 Å². The van der Waals surface area contributed by atoms with E-state index in [-0.39, 0.29) is 24.3 Å². The maximum atomic E-state index is 12.3. The highest BCUT2D eigenvalue weighted by atomic mass is 32.2. The highest BCUT2D eigenvalue weighted by Crippen LogP contribution is 2.16. The lowest BCUT2D eigenvalue weighted by Crippen LogP contribution is -2.40. The number of ether oxygens (including phenoxy) is 1. The van der Waals surface area contributed by atoms with Crippen LogP contribution in [0.2, 0.25) is 0 Å². The zero-order valence-corrected chi connectivity index (χ0v) is 12.5. The van der Waals surface area contributed by atoms with Gasteiger partial charge in [0.15, 0.2) is 5.76 Å². The third-order valence-corrected chi connectivity index (χ3v) is 3.14. The number of esters is 1. The molecule has 1 aromatic rings. The summed E-state index contributed by atoms with van der Waals surface area (Å²) in [6.45, 7) is 3.60. The number of nitrogens with zero attached hydrogens (tertiary/aromatic N) is 1. The predicted molar refractivity (Wildman–Crippen MR) is 74.1 cm³/mol. The lowest BCUT2D eigenvalue weighted by Gasteiger charge is -2.24. The van der Waals surface area contributed by atoms with Crippen molar-refractivity contribution in [2.24, 2.45) is 0 Å². The molecule has 19 heavy (non-hydrogen) atoms. The summed E-state index contributed by atoms with van der Waals surface area (Å²) in [7, 11) is 1.30. The molecule has 0 aliphatic heterocycles. The first-order valence-electron chi connectivity index (χ1n) is 5.95. The summed E-state index contributed by atoms with van der Waals surface area (Å²) in [6.07, 6.45) is 1.96. The molecule has 1 heterocycles. The summed E-state index contributed by atoms with van der Waals surface area (Å²) in [4.78, 5) is 25.0. The molecule has 0 radical (unpaired) electrons. The molecule has 0 aliphatic carbocycles. The van der Waals surface area contributed by atoms with Crippen LogP contribution in [0.3, 0.4) is 0 Å². The molecule has 6 heteroatoms. The van der Waals surface area contributed by atoms with Gasteiger partial charge in [0.05, 0.1) is 12.9 Å². The number of furan rings is 1. The third kappa shape index (κ3) is 4.31. The standard InChI is InChI=1S/C13H19NO4S/c1-9(2)14(7-12(15)17-3)13(16)11-6-5-10(18-11)8-19-4/h5-6,9H,7-8H2,1-4H3. The van der Waals surface area contributed by atoms with Gasteiger partial charge in [-0.05, 0) is 32.2 Å². The first-order valence-corrected chi connectivity index (χ1v) is 7.34. The van der Waals surface area contributed by atoms with E-state index in [9.17, 15) is 9.59 Å². The van der Waals surface area contributed by atoms with Crippen LogP contribution in [0.15, 0.2) is 16.5 Å². The summed E-state index contributed by atoms with van der Waals surface area (Å²) >= 11 is 1.62. The van der Waals surface area contributed by atoms with Gasteiger partial charge >= 0.3 is 5.97 Å². The van der Waals surface area contributed by atoms with Crippen molar-refractivity contribution in [2.75, 3.05) is 19.9 Å². The molecule has 0 N–H and O–H groups in total. The zero-order chi connectivity index (χ0) is 14.4. The van der Waals surface area contributed by atoms with Gasteiger partial charge in [0, 0.05) is 6.04 Å². The Hall–Kier alpha value is -1.43. The number of hydrogen-bond donors (Lipinski definition) is 0. The van der Waals surface area contributed by atoms with Crippen molar-refractivity contribution >= 4 is 23.6 Å². The van der Waals surface area contributed by atoms with E-state index in [2.05, 4.69) is 4.74 Å². The lowest BCUT2D eigenvalue weighted by atomic mass is 10.2. The Kier molecular flexibility index (Phi) is 5.95. The van der Waals surface area contributed by atoms with E-state index in [1.165, 1.54) is 12.0 Å². The molecule has 1 aromatic heterocycles. The van der Waals surface area contributed by atoms with Crippen LogP contribution in [0, 0.1) is 0 Å². The van der Waals surface area contributed by atoms with Gasteiger partial charge in [0.1, 0.15) is 12.3 Å². The lowest BCUT2D eigenvalue weighted by molar-refractivity contribution is -0.141. The number of rotatable bonds is 6. The summed E-state index contributed by atoms with van der Waals surface area (Å²) < 4.78 is 10.1. The van der Waals surface area contributed by atoms with Crippen molar-refractivity contribution in [1.82, 2.24) is 4.90 Å². The molecule has 0 spiro atoms. The quantitative estimate of drug-likeness (QED) is 0.750. The van der Waals surface area contributed by atoms with E-state index >= 15 is 0 Å². The van der Waals surface area contributed by atoms with Crippen molar-refractivity contribution in [3.8, 4) is 0 Å². The molecule has 106 valence electrons. The van der Waals surface area contributed by atoms with E-state index < -0.39 is 5.97 Å². The molecule has 0 saturated heterocycles. The minimum absolute atomic E-state index is 0.0778. The summed E-state index contributed by atoms with van der Waals surface area (Å²) in [5.74, 6) is 0.969. The number of carbonyl (C=O) groups is 2. The van der Waals surface area contributed by atoms with E-state index in [4.69, 9.17) is 4.42 Å². The fourth-order valence-corrected chi connectivity index (χ4v) is 1.99.